The molecule has 32 heavy (non-hydrogen) atoms. The number of aromatic nitrogens is 1. The smallest absolute Gasteiger partial charge is 0.337 e. The number of aryl methyl sites for hydroxylation is 3. The molecule has 0 radical (unpaired) electrons. The fraction of sp³-hybridized carbons (Fsp3) is 0.333. The Morgan fingerprint density at radius 3 is 2.31 bits per heavy atom. The fourth-order valence-corrected chi connectivity index (χ4v) is 3.78. The Morgan fingerprint density at radius 1 is 0.938 bits per heavy atom. The molecule has 0 aliphatic carbocycles. The summed E-state index contributed by atoms with van der Waals surface area (Å²) < 4.78 is 20.2. The largest absolute Gasteiger partial charge is 0.494 e. The van der Waals surface area contributed by atoms with Gasteiger partial charge in [0.25, 0.3) is 0 Å². The van der Waals surface area contributed by atoms with Gasteiger partial charge in [-0.1, -0.05) is 57.0 Å². The van der Waals surface area contributed by atoms with Crippen LogP contribution in [0.25, 0.3) is 11.1 Å². The van der Waals surface area contributed by atoms with Crippen LogP contribution < -0.4 is 4.74 Å². The van der Waals surface area contributed by atoms with Gasteiger partial charge in [0.05, 0.1) is 17.9 Å². The van der Waals surface area contributed by atoms with E-state index in [1.165, 1.54) is 11.6 Å². The first kappa shape index (κ1) is 23.5. The SMILES string of the molecule is CCCc1ccc(OCCCc2nc(CCC)c(-c3ccccc3F)cc2C(=O)O)cc1. The minimum Gasteiger partial charge on any atom is -0.494 e. The number of nitrogens with zero attached hydrogens (tertiary/aromatic N) is 1. The summed E-state index contributed by atoms with van der Waals surface area (Å²) in [6.07, 6.45) is 4.74. The normalized spacial score (nSPS) is 10.8. The summed E-state index contributed by atoms with van der Waals surface area (Å²) in [5, 5.41) is 9.77. The van der Waals surface area contributed by atoms with Gasteiger partial charge in [-0.15, -0.1) is 0 Å². The van der Waals surface area contributed by atoms with Gasteiger partial charge in [-0.3, -0.25) is 4.98 Å². The predicted octanol–water partition coefficient (Wildman–Crippen LogP) is 6.50. The first-order valence-corrected chi connectivity index (χ1v) is 11.3. The third-order valence-electron chi connectivity index (χ3n) is 5.35. The predicted molar refractivity (Wildman–Crippen MR) is 125 cm³/mol. The molecule has 0 saturated carbocycles. The van der Waals surface area contributed by atoms with Gasteiger partial charge in [0.2, 0.25) is 0 Å². The fourth-order valence-electron chi connectivity index (χ4n) is 3.78. The van der Waals surface area contributed by atoms with E-state index in [-0.39, 0.29) is 11.4 Å². The van der Waals surface area contributed by atoms with Crippen LogP contribution in [0.4, 0.5) is 4.39 Å². The lowest BCUT2D eigenvalue weighted by atomic mass is 9.96. The Hall–Kier alpha value is -3.21. The van der Waals surface area contributed by atoms with Gasteiger partial charge in [-0.05, 0) is 55.5 Å². The quantitative estimate of drug-likeness (QED) is 0.349. The number of pyridine rings is 1. The van der Waals surface area contributed by atoms with E-state index in [0.717, 1.165) is 30.7 Å². The van der Waals surface area contributed by atoms with Gasteiger partial charge in [-0.2, -0.15) is 0 Å². The van der Waals surface area contributed by atoms with Crippen molar-refractivity contribution in [3.8, 4) is 16.9 Å². The number of hydrogen-bond acceptors (Lipinski definition) is 3. The minimum absolute atomic E-state index is 0.118. The average Bonchev–Trinajstić information content (AvgIpc) is 2.79. The number of ether oxygens (including phenoxy) is 1. The van der Waals surface area contributed by atoms with E-state index in [0.29, 0.717) is 42.7 Å². The van der Waals surface area contributed by atoms with Crippen molar-refractivity contribution in [1.82, 2.24) is 4.98 Å². The third-order valence-corrected chi connectivity index (χ3v) is 5.35. The Bertz CT molecular complexity index is 1050. The number of carboxylic acids is 1. The van der Waals surface area contributed by atoms with Crippen LogP contribution in [-0.4, -0.2) is 22.7 Å². The van der Waals surface area contributed by atoms with E-state index in [1.807, 2.05) is 19.1 Å². The van der Waals surface area contributed by atoms with Crippen LogP contribution in [0.3, 0.4) is 0 Å². The van der Waals surface area contributed by atoms with E-state index in [1.54, 1.807) is 24.3 Å². The van der Waals surface area contributed by atoms with Crippen LogP contribution in [-0.2, 0) is 19.3 Å². The van der Waals surface area contributed by atoms with Crippen molar-refractivity contribution < 1.29 is 19.0 Å². The van der Waals surface area contributed by atoms with Gasteiger partial charge in [0.1, 0.15) is 11.6 Å². The van der Waals surface area contributed by atoms with Gasteiger partial charge in [0, 0.05) is 16.8 Å². The first-order valence-electron chi connectivity index (χ1n) is 11.3. The molecule has 1 N–H and O–H groups in total. The molecule has 0 amide bonds. The van der Waals surface area contributed by atoms with E-state index >= 15 is 0 Å². The maximum Gasteiger partial charge on any atom is 0.337 e. The van der Waals surface area contributed by atoms with Gasteiger partial charge >= 0.3 is 5.97 Å². The maximum absolute atomic E-state index is 14.4. The minimum atomic E-state index is -1.06. The molecule has 2 aromatic carbocycles. The molecule has 3 aromatic rings. The second-order valence-electron chi connectivity index (χ2n) is 7.86. The lowest BCUT2D eigenvalue weighted by molar-refractivity contribution is 0.0695. The Morgan fingerprint density at radius 2 is 1.66 bits per heavy atom. The van der Waals surface area contributed by atoms with Crippen LogP contribution in [0.1, 0.15) is 60.4 Å². The molecule has 168 valence electrons. The zero-order valence-electron chi connectivity index (χ0n) is 18.7. The molecular weight excluding hydrogens is 405 g/mol. The van der Waals surface area contributed by atoms with Crippen LogP contribution in [0.5, 0.6) is 5.75 Å². The molecule has 1 aromatic heterocycles. The summed E-state index contributed by atoms with van der Waals surface area (Å²) in [5.41, 5.74) is 3.58. The Balaban J connectivity index is 1.76. The van der Waals surface area contributed by atoms with E-state index in [4.69, 9.17) is 4.74 Å². The maximum atomic E-state index is 14.4. The van der Waals surface area contributed by atoms with Gasteiger partial charge < -0.3 is 9.84 Å². The molecule has 1 heterocycles. The van der Waals surface area contributed by atoms with Crippen LogP contribution in [0, 0.1) is 5.82 Å². The molecule has 0 atom stereocenters. The summed E-state index contributed by atoms with van der Waals surface area (Å²) in [5.74, 6) is -0.632. The number of aromatic carboxylic acids is 1. The van der Waals surface area contributed by atoms with Crippen molar-refractivity contribution in [2.45, 2.75) is 52.4 Å². The lowest BCUT2D eigenvalue weighted by Crippen LogP contribution is -2.11. The molecule has 0 fully saturated rings. The zero-order valence-corrected chi connectivity index (χ0v) is 18.7. The number of hydrogen-bond donors (Lipinski definition) is 1. The van der Waals surface area contributed by atoms with Crippen molar-refractivity contribution in [2.24, 2.45) is 0 Å². The number of halogens is 1. The van der Waals surface area contributed by atoms with Gasteiger partial charge in [0.15, 0.2) is 0 Å². The molecule has 0 bridgehead atoms. The van der Waals surface area contributed by atoms with Crippen LogP contribution >= 0.6 is 0 Å². The van der Waals surface area contributed by atoms with Crippen molar-refractivity contribution in [1.29, 1.82) is 0 Å². The third kappa shape index (κ3) is 5.94. The highest BCUT2D eigenvalue weighted by Gasteiger charge is 2.19. The molecule has 0 spiro atoms. The van der Waals surface area contributed by atoms with Crippen molar-refractivity contribution in [2.75, 3.05) is 6.61 Å². The molecule has 0 aliphatic rings. The van der Waals surface area contributed by atoms with Gasteiger partial charge in [-0.25, -0.2) is 9.18 Å². The summed E-state index contributed by atoms with van der Waals surface area (Å²) in [6.45, 7) is 4.64. The average molecular weight is 436 g/mol. The zero-order chi connectivity index (χ0) is 22.9. The molecule has 5 heteroatoms. The van der Waals surface area contributed by atoms with Crippen LogP contribution in [0.2, 0.25) is 0 Å². The second kappa shape index (κ2) is 11.4. The molecule has 4 nitrogen and oxygen atoms in total. The first-order chi connectivity index (χ1) is 15.5. The number of benzene rings is 2. The monoisotopic (exact) mass is 435 g/mol. The van der Waals surface area contributed by atoms with Crippen LogP contribution in [0.15, 0.2) is 54.6 Å². The second-order valence-corrected chi connectivity index (χ2v) is 7.86. The Kier molecular flexibility index (Phi) is 8.37. The summed E-state index contributed by atoms with van der Waals surface area (Å²) >= 11 is 0. The van der Waals surface area contributed by atoms with Crippen molar-refractivity contribution in [3.63, 3.8) is 0 Å². The summed E-state index contributed by atoms with van der Waals surface area (Å²) in [6, 6.07) is 16.1. The highest BCUT2D eigenvalue weighted by molar-refractivity contribution is 5.91. The Labute approximate surface area is 189 Å². The summed E-state index contributed by atoms with van der Waals surface area (Å²) in [4.78, 5) is 16.6. The molecule has 0 unspecified atom stereocenters. The molecule has 0 aliphatic heterocycles. The van der Waals surface area contributed by atoms with Crippen molar-refractivity contribution >= 4 is 5.97 Å². The summed E-state index contributed by atoms with van der Waals surface area (Å²) in [7, 11) is 0. The molecule has 0 saturated heterocycles. The van der Waals surface area contributed by atoms with Crippen molar-refractivity contribution in [3.05, 3.63) is 82.9 Å². The number of carbonyl (C=O) groups is 1. The highest BCUT2D eigenvalue weighted by atomic mass is 19.1. The molecular formula is C27H30FNO3. The molecule has 3 rings (SSSR count). The number of carboxylic acid groups (broad SMARTS) is 1. The van der Waals surface area contributed by atoms with E-state index < -0.39 is 5.97 Å². The lowest BCUT2D eigenvalue weighted by Gasteiger charge is -2.14. The highest BCUT2D eigenvalue weighted by Crippen LogP contribution is 2.29. The van der Waals surface area contributed by atoms with E-state index in [2.05, 4.69) is 24.0 Å². The topological polar surface area (TPSA) is 59.4 Å². The van der Waals surface area contributed by atoms with E-state index in [9.17, 15) is 14.3 Å². The number of rotatable bonds is 11. The standard InChI is InChI=1S/C27H30FNO3/c1-3-8-19-13-15-20(16-14-19)32-17-7-12-26-23(27(30)31)18-22(25(29-26)9-4-2)21-10-5-6-11-24(21)28/h5-6,10-11,13-16,18H,3-4,7-9,12,17H2,1-2H3,(H,30,31).